The molecule has 3 aromatic carbocycles. The Balaban J connectivity index is 0.000000269. The Morgan fingerprint density at radius 1 is 0.840 bits per heavy atom. The number of aliphatic hydroxyl groups is 2. The average molecular weight is 886 g/mol. The summed E-state index contributed by atoms with van der Waals surface area (Å²) in [6.07, 6.45) is 6.36. The van der Waals surface area contributed by atoms with E-state index >= 15 is 0 Å². The Kier molecular flexibility index (Phi) is 12.4. The van der Waals surface area contributed by atoms with Crippen LogP contribution >= 0.6 is 22.7 Å². The van der Waals surface area contributed by atoms with E-state index in [2.05, 4.69) is 118 Å². The zero-order chi connectivity index (χ0) is 35.9. The zero-order valence-corrected chi connectivity index (χ0v) is 35.6. The molecule has 1 unspecified atom stereocenters. The maximum absolute atomic E-state index is 10.3. The van der Waals surface area contributed by atoms with E-state index in [1.54, 1.807) is 23.7 Å². The summed E-state index contributed by atoms with van der Waals surface area (Å²) in [4.78, 5) is 10.9. The van der Waals surface area contributed by atoms with Gasteiger partial charge in [0.05, 0.1) is 17.4 Å². The molecule has 0 aliphatic carbocycles. The smallest absolute Gasteiger partial charge is 0.108 e. The molecule has 0 saturated carbocycles. The predicted octanol–water partition coefficient (Wildman–Crippen LogP) is 13.0. The molecule has 0 spiro atoms. The number of allylic oxidation sites excluding steroid dienone is 1. The third kappa shape index (κ3) is 7.59. The number of thiophene rings is 2. The number of aromatic nitrogens is 2. The number of benzene rings is 3. The molecule has 3 aromatic heterocycles. The van der Waals surface area contributed by atoms with E-state index in [0.717, 1.165) is 52.5 Å². The van der Waals surface area contributed by atoms with E-state index < -0.39 is 6.10 Å². The van der Waals surface area contributed by atoms with Gasteiger partial charge in [0.15, 0.2) is 0 Å². The first kappa shape index (κ1) is 40.1. The average Bonchev–Trinajstić information content (AvgIpc) is 3.60. The van der Waals surface area contributed by atoms with Gasteiger partial charge in [0.2, 0.25) is 0 Å². The molecule has 50 heavy (non-hydrogen) atoms. The van der Waals surface area contributed by atoms with Crippen LogP contribution in [0.25, 0.3) is 52.4 Å². The minimum absolute atomic E-state index is 0. The van der Waals surface area contributed by atoms with Crippen LogP contribution in [0.2, 0.25) is 0 Å². The van der Waals surface area contributed by atoms with Crippen LogP contribution in [0.5, 0.6) is 0 Å². The molecule has 269 valence electrons. The van der Waals surface area contributed by atoms with Gasteiger partial charge in [-0.15, -0.1) is 51.8 Å². The molecule has 4 nitrogen and oxygen atoms in total. The van der Waals surface area contributed by atoms with E-state index in [0.29, 0.717) is 5.76 Å². The third-order valence-corrected chi connectivity index (χ3v) is 13.5. The van der Waals surface area contributed by atoms with Gasteiger partial charge < -0.3 is 10.2 Å². The standard InChI is InChI=1S/C28H23N2S2.C15H30O2.Ir/c1-15-16(2)31-23-13-21-24(12-20(15)23)32-27-25(29-14-30-26(21)27)18-10-17-8-6-7-9-19(17)22(11-18)28(3,4)5;1-7-14(5,8-2)12(16)11-13(17)15(6,9-3)10-4;/h6-9,11-14H,1-5H3;11-12,16-17H,7-10H2,1-6H3;/q-1;;/b;13-11-;. The van der Waals surface area contributed by atoms with Crippen LogP contribution in [-0.2, 0) is 25.5 Å². The quantitative estimate of drug-likeness (QED) is 0.118. The topological polar surface area (TPSA) is 66.2 Å². The van der Waals surface area contributed by atoms with Crippen molar-refractivity contribution in [3.8, 4) is 11.3 Å². The second-order valence-corrected chi connectivity index (χ2v) is 17.5. The molecule has 6 aromatic rings. The van der Waals surface area contributed by atoms with Gasteiger partial charge in [-0.25, -0.2) is 4.98 Å². The monoisotopic (exact) mass is 886 g/mol. The van der Waals surface area contributed by atoms with Crippen molar-refractivity contribution >= 4 is 63.8 Å². The summed E-state index contributed by atoms with van der Waals surface area (Å²) in [7, 11) is 0. The Labute approximate surface area is 320 Å². The number of aryl methyl sites for hydroxylation is 2. The molecule has 2 N–H and O–H groups in total. The Morgan fingerprint density at radius 3 is 2.08 bits per heavy atom. The third-order valence-electron chi connectivity index (χ3n) is 11.2. The maximum Gasteiger partial charge on any atom is 0.108 e. The number of hydrogen-bond donors (Lipinski definition) is 2. The number of aliphatic hydroxyl groups excluding tert-OH is 2. The Hall–Kier alpha value is -2.67. The molecule has 0 fully saturated rings. The van der Waals surface area contributed by atoms with Gasteiger partial charge in [-0.2, -0.15) is 0 Å². The first-order chi connectivity index (χ1) is 23.1. The van der Waals surface area contributed by atoms with Gasteiger partial charge in [-0.1, -0.05) is 91.5 Å². The molecule has 0 bridgehead atoms. The summed E-state index contributed by atoms with van der Waals surface area (Å²) in [5.41, 5.74) is 5.44. The molecular formula is C43H53IrN2O2S2-. The molecule has 0 aliphatic rings. The molecule has 0 amide bonds. The largest absolute Gasteiger partial charge is 0.512 e. The summed E-state index contributed by atoms with van der Waals surface area (Å²) < 4.78 is 3.74. The molecule has 0 aliphatic heterocycles. The van der Waals surface area contributed by atoms with E-state index in [1.165, 1.54) is 41.6 Å². The summed E-state index contributed by atoms with van der Waals surface area (Å²) in [5, 5.41) is 25.4. The van der Waals surface area contributed by atoms with E-state index in [9.17, 15) is 10.2 Å². The molecular weight excluding hydrogens is 833 g/mol. The van der Waals surface area contributed by atoms with Crippen molar-refractivity contribution in [2.75, 3.05) is 0 Å². The van der Waals surface area contributed by atoms with Crippen LogP contribution in [0.15, 0.2) is 60.6 Å². The number of rotatable bonds is 8. The van der Waals surface area contributed by atoms with Crippen LogP contribution in [0.1, 0.15) is 104 Å². The van der Waals surface area contributed by atoms with Gasteiger partial charge in [0, 0.05) is 55.6 Å². The number of hydrogen-bond acceptors (Lipinski definition) is 6. The van der Waals surface area contributed by atoms with Gasteiger partial charge in [0.1, 0.15) is 6.33 Å². The van der Waals surface area contributed by atoms with Crippen LogP contribution in [-0.4, -0.2) is 26.3 Å². The Morgan fingerprint density at radius 2 is 1.46 bits per heavy atom. The second kappa shape index (κ2) is 15.5. The molecule has 3 heterocycles. The van der Waals surface area contributed by atoms with Crippen LogP contribution < -0.4 is 0 Å². The van der Waals surface area contributed by atoms with Crippen molar-refractivity contribution in [2.45, 2.75) is 113 Å². The molecule has 6 rings (SSSR count). The van der Waals surface area contributed by atoms with E-state index in [1.807, 2.05) is 18.3 Å². The van der Waals surface area contributed by atoms with Crippen molar-refractivity contribution in [3.63, 3.8) is 0 Å². The first-order valence-corrected chi connectivity index (χ1v) is 19.4. The van der Waals surface area contributed by atoms with Gasteiger partial charge in [0.25, 0.3) is 0 Å². The molecule has 1 radical (unpaired) electrons. The summed E-state index contributed by atoms with van der Waals surface area (Å²) >= 11 is 3.66. The van der Waals surface area contributed by atoms with E-state index in [4.69, 9.17) is 9.97 Å². The van der Waals surface area contributed by atoms with Crippen molar-refractivity contribution < 1.29 is 30.3 Å². The number of fused-ring (bicyclic) bond motifs is 5. The second-order valence-electron chi connectivity index (χ2n) is 15.1. The van der Waals surface area contributed by atoms with Crippen molar-refractivity contribution in [1.29, 1.82) is 0 Å². The molecule has 1 atom stereocenters. The Bertz CT molecular complexity index is 2150. The zero-order valence-electron chi connectivity index (χ0n) is 31.5. The predicted molar refractivity (Wildman–Crippen MR) is 214 cm³/mol. The van der Waals surface area contributed by atoms with Gasteiger partial charge >= 0.3 is 0 Å². The van der Waals surface area contributed by atoms with Crippen molar-refractivity contribution in [3.05, 3.63) is 82.7 Å². The SMILES string of the molecule is CCC(C)(CC)/C(O)=C/C(O)C(C)(CC)CC.Cc1sc2cc3c(cc2c1C)sc1c(-c2[c-]c4ccccc4c(C(C)(C)C)c2)ncnc13.[Ir]. The maximum atomic E-state index is 10.3. The molecule has 7 heteroatoms. The normalized spacial score (nSPS) is 13.5. The van der Waals surface area contributed by atoms with Crippen LogP contribution in [0.3, 0.4) is 0 Å². The van der Waals surface area contributed by atoms with Gasteiger partial charge in [-0.3, -0.25) is 4.98 Å². The first-order valence-electron chi connectivity index (χ1n) is 17.7. The van der Waals surface area contributed by atoms with Crippen LogP contribution in [0, 0.1) is 30.7 Å². The van der Waals surface area contributed by atoms with E-state index in [-0.39, 0.29) is 36.4 Å². The fourth-order valence-corrected chi connectivity index (χ4v) is 8.69. The summed E-state index contributed by atoms with van der Waals surface area (Å²) in [5.74, 6) is 0.336. The minimum atomic E-state index is -0.574. The number of nitrogens with zero attached hydrogens (tertiary/aromatic N) is 2. The fourth-order valence-electron chi connectivity index (χ4n) is 6.41. The summed E-state index contributed by atoms with van der Waals surface area (Å²) in [6, 6.07) is 19.1. The van der Waals surface area contributed by atoms with Crippen LogP contribution in [0.4, 0.5) is 0 Å². The van der Waals surface area contributed by atoms with Crippen molar-refractivity contribution in [1.82, 2.24) is 9.97 Å². The molecule has 0 saturated heterocycles. The minimum Gasteiger partial charge on any atom is -0.512 e. The van der Waals surface area contributed by atoms with Gasteiger partial charge in [-0.05, 0) is 79.5 Å². The van der Waals surface area contributed by atoms with Crippen molar-refractivity contribution in [2.24, 2.45) is 10.8 Å². The fraction of sp³-hybridized carbons (Fsp3) is 0.442. The summed E-state index contributed by atoms with van der Waals surface area (Å²) in [6.45, 7) is 23.6.